The topological polar surface area (TPSA) is 31.2 Å². The summed E-state index contributed by atoms with van der Waals surface area (Å²) in [6, 6.07) is 13.8. The second-order valence-electron chi connectivity index (χ2n) is 4.22. The van der Waals surface area contributed by atoms with Crippen molar-refractivity contribution < 1.29 is 9.53 Å². The lowest BCUT2D eigenvalue weighted by atomic mass is 10.2. The number of nitrogens with zero attached hydrogens (tertiary/aromatic N) is 1. The monoisotopic (exact) mass is 243 g/mol. The summed E-state index contributed by atoms with van der Waals surface area (Å²) in [4.78, 5) is 11.8. The minimum absolute atomic E-state index is 0.0237. The number of aryl methyl sites for hydroxylation is 1. The molecule has 1 aromatic heterocycles. The number of ether oxygens (including phenoxy) is 1. The van der Waals surface area contributed by atoms with Gasteiger partial charge in [-0.25, -0.2) is 0 Å². The van der Waals surface area contributed by atoms with Gasteiger partial charge in [-0.05, 0) is 24.1 Å². The third kappa shape index (κ3) is 3.31. The molecular weight excluding hydrogens is 226 g/mol. The summed E-state index contributed by atoms with van der Waals surface area (Å²) in [5.41, 5.74) is 1.92. The molecule has 0 bridgehead atoms. The summed E-state index contributed by atoms with van der Waals surface area (Å²) in [7, 11) is 1.86. The van der Waals surface area contributed by atoms with Gasteiger partial charge < -0.3 is 9.30 Å². The maximum absolute atomic E-state index is 11.8. The van der Waals surface area contributed by atoms with Crippen LogP contribution in [0.2, 0.25) is 0 Å². The van der Waals surface area contributed by atoms with E-state index >= 15 is 0 Å². The average molecular weight is 243 g/mol. The fourth-order valence-corrected chi connectivity index (χ4v) is 1.82. The van der Waals surface area contributed by atoms with Gasteiger partial charge >= 0.3 is 0 Å². The highest BCUT2D eigenvalue weighted by atomic mass is 16.5. The molecule has 0 spiro atoms. The molecule has 1 aromatic carbocycles. The molecule has 0 atom stereocenters. The number of ketones is 1. The number of hydrogen-bond donors (Lipinski definition) is 0. The van der Waals surface area contributed by atoms with Gasteiger partial charge in [-0.1, -0.05) is 30.3 Å². The minimum Gasteiger partial charge on any atom is -0.373 e. The van der Waals surface area contributed by atoms with Crippen LogP contribution in [-0.4, -0.2) is 23.6 Å². The van der Waals surface area contributed by atoms with Gasteiger partial charge in [0, 0.05) is 13.2 Å². The van der Waals surface area contributed by atoms with Crippen LogP contribution in [0.4, 0.5) is 0 Å². The zero-order valence-electron chi connectivity index (χ0n) is 10.5. The van der Waals surface area contributed by atoms with Gasteiger partial charge in [0.15, 0.2) is 0 Å². The first-order valence-corrected chi connectivity index (χ1v) is 6.03. The summed E-state index contributed by atoms with van der Waals surface area (Å²) < 4.78 is 7.22. The summed E-state index contributed by atoms with van der Waals surface area (Å²) >= 11 is 0. The Kier molecular flexibility index (Phi) is 4.31. The molecule has 18 heavy (non-hydrogen) atoms. The predicted molar refractivity (Wildman–Crippen MR) is 70.7 cm³/mol. The zero-order valence-corrected chi connectivity index (χ0v) is 10.5. The molecule has 94 valence electrons. The zero-order chi connectivity index (χ0) is 12.8. The molecule has 0 aliphatic carbocycles. The van der Waals surface area contributed by atoms with Crippen molar-refractivity contribution in [2.45, 2.75) is 6.42 Å². The third-order valence-corrected chi connectivity index (χ3v) is 2.84. The molecule has 0 saturated heterocycles. The van der Waals surface area contributed by atoms with E-state index in [4.69, 9.17) is 4.74 Å². The maximum atomic E-state index is 11.8. The Morgan fingerprint density at radius 1 is 1.17 bits per heavy atom. The second-order valence-corrected chi connectivity index (χ2v) is 4.22. The summed E-state index contributed by atoms with van der Waals surface area (Å²) in [5, 5.41) is 0. The Hall–Kier alpha value is -1.87. The molecule has 0 aliphatic heterocycles. The lowest BCUT2D eigenvalue weighted by Gasteiger charge is -2.05. The molecule has 0 N–H and O–H groups in total. The van der Waals surface area contributed by atoms with E-state index in [0.717, 1.165) is 6.42 Å². The first-order chi connectivity index (χ1) is 8.77. The van der Waals surface area contributed by atoms with E-state index in [1.807, 2.05) is 48.1 Å². The summed E-state index contributed by atoms with van der Waals surface area (Å²) in [6.45, 7) is 0.713. The van der Waals surface area contributed by atoms with E-state index in [9.17, 15) is 4.79 Å². The molecular formula is C15H17NO2. The first kappa shape index (κ1) is 12.6. The van der Waals surface area contributed by atoms with Crippen LogP contribution < -0.4 is 0 Å². The Balaban J connectivity index is 1.73. The highest BCUT2D eigenvalue weighted by molar-refractivity contribution is 5.95. The normalized spacial score (nSPS) is 10.5. The molecule has 3 nitrogen and oxygen atoms in total. The van der Waals surface area contributed by atoms with Gasteiger partial charge in [-0.15, -0.1) is 0 Å². The largest absolute Gasteiger partial charge is 0.373 e. The van der Waals surface area contributed by atoms with Gasteiger partial charge in [0.2, 0.25) is 5.78 Å². The number of benzene rings is 1. The predicted octanol–water partition coefficient (Wildman–Crippen LogP) is 2.47. The minimum atomic E-state index is 0.0237. The van der Waals surface area contributed by atoms with Crippen LogP contribution in [-0.2, 0) is 18.2 Å². The van der Waals surface area contributed by atoms with Crippen LogP contribution in [0.3, 0.4) is 0 Å². The Bertz CT molecular complexity index is 502. The Labute approximate surface area is 107 Å². The molecule has 2 rings (SSSR count). The van der Waals surface area contributed by atoms with Crippen molar-refractivity contribution in [3.8, 4) is 0 Å². The van der Waals surface area contributed by atoms with E-state index in [0.29, 0.717) is 12.3 Å². The van der Waals surface area contributed by atoms with Crippen molar-refractivity contribution in [2.24, 2.45) is 7.05 Å². The Morgan fingerprint density at radius 2 is 1.94 bits per heavy atom. The van der Waals surface area contributed by atoms with Crippen LogP contribution in [0.25, 0.3) is 0 Å². The van der Waals surface area contributed by atoms with Gasteiger partial charge in [-0.2, -0.15) is 0 Å². The lowest BCUT2D eigenvalue weighted by molar-refractivity contribution is 0.0757. The number of carbonyl (C=O) groups excluding carboxylic acids is 1. The first-order valence-electron chi connectivity index (χ1n) is 6.03. The average Bonchev–Trinajstić information content (AvgIpc) is 2.82. The number of aromatic nitrogens is 1. The van der Waals surface area contributed by atoms with Gasteiger partial charge in [0.25, 0.3) is 0 Å². The molecule has 0 amide bonds. The second kappa shape index (κ2) is 6.17. The van der Waals surface area contributed by atoms with Gasteiger partial charge in [0.05, 0.1) is 12.3 Å². The van der Waals surface area contributed by atoms with Crippen LogP contribution in [0.5, 0.6) is 0 Å². The fraction of sp³-hybridized carbons (Fsp3) is 0.267. The van der Waals surface area contributed by atoms with Crippen molar-refractivity contribution in [3.05, 3.63) is 59.9 Å². The number of rotatable bonds is 6. The quantitative estimate of drug-likeness (QED) is 0.576. The van der Waals surface area contributed by atoms with Gasteiger partial charge in [-0.3, -0.25) is 4.79 Å². The van der Waals surface area contributed by atoms with E-state index in [-0.39, 0.29) is 12.4 Å². The van der Waals surface area contributed by atoms with Crippen LogP contribution >= 0.6 is 0 Å². The maximum Gasteiger partial charge on any atom is 0.204 e. The fourth-order valence-electron chi connectivity index (χ4n) is 1.82. The van der Waals surface area contributed by atoms with Crippen molar-refractivity contribution in [1.29, 1.82) is 0 Å². The molecule has 0 saturated carbocycles. The molecule has 0 unspecified atom stereocenters. The SMILES string of the molecule is Cn1cccc1C(=O)COCCc1ccccc1. The molecule has 2 aromatic rings. The van der Waals surface area contributed by atoms with Crippen LogP contribution in [0.15, 0.2) is 48.7 Å². The highest BCUT2D eigenvalue weighted by Crippen LogP contribution is 2.03. The molecule has 1 heterocycles. The molecule has 0 radical (unpaired) electrons. The molecule has 0 aliphatic rings. The molecule has 3 heteroatoms. The van der Waals surface area contributed by atoms with E-state index in [2.05, 4.69) is 12.1 Å². The van der Waals surface area contributed by atoms with Gasteiger partial charge in [0.1, 0.15) is 6.61 Å². The number of carbonyl (C=O) groups is 1. The Morgan fingerprint density at radius 3 is 2.61 bits per heavy atom. The highest BCUT2D eigenvalue weighted by Gasteiger charge is 2.08. The smallest absolute Gasteiger partial charge is 0.204 e. The lowest BCUT2D eigenvalue weighted by Crippen LogP contribution is -2.13. The van der Waals surface area contributed by atoms with Crippen molar-refractivity contribution in [3.63, 3.8) is 0 Å². The number of hydrogen-bond acceptors (Lipinski definition) is 2. The summed E-state index contributed by atoms with van der Waals surface area (Å²) in [5.74, 6) is 0.0237. The van der Waals surface area contributed by atoms with E-state index < -0.39 is 0 Å². The van der Waals surface area contributed by atoms with E-state index in [1.165, 1.54) is 5.56 Å². The van der Waals surface area contributed by atoms with Crippen molar-refractivity contribution >= 4 is 5.78 Å². The van der Waals surface area contributed by atoms with Crippen molar-refractivity contribution in [1.82, 2.24) is 4.57 Å². The molecule has 0 fully saturated rings. The van der Waals surface area contributed by atoms with Crippen LogP contribution in [0.1, 0.15) is 16.1 Å². The summed E-state index contributed by atoms with van der Waals surface area (Å²) in [6.07, 6.45) is 2.69. The van der Waals surface area contributed by atoms with Crippen LogP contribution in [0, 0.1) is 0 Å². The third-order valence-electron chi connectivity index (χ3n) is 2.84. The van der Waals surface area contributed by atoms with Crippen molar-refractivity contribution in [2.75, 3.05) is 13.2 Å². The number of Topliss-reactive ketones (excluding diaryl/α,β-unsaturated/α-hetero) is 1. The van der Waals surface area contributed by atoms with E-state index in [1.54, 1.807) is 0 Å². The standard InChI is InChI=1S/C15H17NO2/c1-16-10-5-8-14(16)15(17)12-18-11-9-13-6-3-2-4-7-13/h2-8,10H,9,11-12H2,1H3.